The summed E-state index contributed by atoms with van der Waals surface area (Å²) in [6.45, 7) is 2.81. The summed E-state index contributed by atoms with van der Waals surface area (Å²) in [6.07, 6.45) is 2.23. The number of Topliss-reactive ketones (excluding diaryl/α,β-unsaturated/α-hetero) is 1. The lowest BCUT2D eigenvalue weighted by molar-refractivity contribution is -0.140. The van der Waals surface area contributed by atoms with Crippen LogP contribution in [-0.4, -0.2) is 59.3 Å². The molecule has 2 N–H and O–H groups in total. The van der Waals surface area contributed by atoms with Crippen LogP contribution >= 0.6 is 0 Å². The summed E-state index contributed by atoms with van der Waals surface area (Å²) in [4.78, 5) is 27.8. The van der Waals surface area contributed by atoms with E-state index in [1.807, 2.05) is 6.92 Å². The number of hydrogen-bond acceptors (Lipinski definition) is 7. The van der Waals surface area contributed by atoms with Crippen LogP contribution in [-0.2, 0) is 20.7 Å². The quantitative estimate of drug-likeness (QED) is 0.396. The summed E-state index contributed by atoms with van der Waals surface area (Å²) in [5.74, 6) is -0.779. The summed E-state index contributed by atoms with van der Waals surface area (Å²) in [5.41, 5.74) is 1.93. The molecule has 3 unspecified atom stereocenters. The van der Waals surface area contributed by atoms with E-state index in [-0.39, 0.29) is 41.6 Å². The molecule has 3 aliphatic heterocycles. The lowest BCUT2D eigenvalue weighted by Crippen LogP contribution is -2.36. The molecular formula is C26H27NO7. The first kappa shape index (κ1) is 22.3. The van der Waals surface area contributed by atoms with E-state index in [9.17, 15) is 19.8 Å². The zero-order valence-electron chi connectivity index (χ0n) is 19.1. The average Bonchev–Trinajstić information content (AvgIpc) is 3.53. The Bertz CT molecular complexity index is 1180. The highest BCUT2D eigenvalue weighted by molar-refractivity contribution is 6.46. The number of carbonyl (C=O) groups is 2. The molecule has 1 amide bonds. The first-order valence-electron chi connectivity index (χ1n) is 11.4. The maximum Gasteiger partial charge on any atom is 0.295 e. The zero-order chi connectivity index (χ0) is 24.0. The Morgan fingerprint density at radius 1 is 1.21 bits per heavy atom. The van der Waals surface area contributed by atoms with Gasteiger partial charge in [0.1, 0.15) is 17.6 Å². The van der Waals surface area contributed by atoms with E-state index in [1.165, 1.54) is 18.1 Å². The molecule has 5 rings (SSSR count). The Morgan fingerprint density at radius 3 is 2.76 bits per heavy atom. The highest BCUT2D eigenvalue weighted by Gasteiger charge is 2.47. The molecule has 3 heterocycles. The zero-order valence-corrected chi connectivity index (χ0v) is 19.1. The Labute approximate surface area is 197 Å². The molecular weight excluding hydrogens is 438 g/mol. The number of ketones is 1. The summed E-state index contributed by atoms with van der Waals surface area (Å²) >= 11 is 0. The van der Waals surface area contributed by atoms with E-state index in [1.54, 1.807) is 30.3 Å². The number of benzene rings is 2. The molecule has 8 nitrogen and oxygen atoms in total. The average molecular weight is 466 g/mol. The van der Waals surface area contributed by atoms with Gasteiger partial charge in [0.25, 0.3) is 11.7 Å². The van der Waals surface area contributed by atoms with Crippen molar-refractivity contribution in [2.75, 3.05) is 20.3 Å². The van der Waals surface area contributed by atoms with Crippen LogP contribution in [0.25, 0.3) is 5.76 Å². The molecule has 0 aromatic heterocycles. The van der Waals surface area contributed by atoms with Crippen molar-refractivity contribution < 1.29 is 34.0 Å². The van der Waals surface area contributed by atoms with Gasteiger partial charge in [0, 0.05) is 25.1 Å². The van der Waals surface area contributed by atoms with E-state index in [0.29, 0.717) is 24.2 Å². The minimum absolute atomic E-state index is 0.00246. The summed E-state index contributed by atoms with van der Waals surface area (Å²) in [7, 11) is 1.43. The van der Waals surface area contributed by atoms with Crippen LogP contribution in [0.3, 0.4) is 0 Å². The third kappa shape index (κ3) is 3.77. The molecule has 34 heavy (non-hydrogen) atoms. The number of methoxy groups -OCH3 is 1. The molecule has 178 valence electrons. The minimum atomic E-state index is -0.845. The summed E-state index contributed by atoms with van der Waals surface area (Å²) < 4.78 is 16.7. The lowest BCUT2D eigenvalue weighted by atomic mass is 9.94. The fourth-order valence-corrected chi connectivity index (χ4v) is 5.01. The maximum atomic E-state index is 13.2. The number of fused-ring (bicyclic) bond motifs is 1. The first-order chi connectivity index (χ1) is 16.4. The molecule has 8 heteroatoms. The van der Waals surface area contributed by atoms with Crippen LogP contribution in [0.15, 0.2) is 42.0 Å². The van der Waals surface area contributed by atoms with Gasteiger partial charge in [-0.15, -0.1) is 0 Å². The largest absolute Gasteiger partial charge is 0.507 e. The molecule has 0 bridgehead atoms. The van der Waals surface area contributed by atoms with Gasteiger partial charge in [-0.1, -0.05) is 6.07 Å². The molecule has 2 aromatic carbocycles. The molecule has 3 aliphatic rings. The molecule has 3 atom stereocenters. The van der Waals surface area contributed by atoms with Crippen molar-refractivity contribution in [2.45, 2.75) is 44.4 Å². The van der Waals surface area contributed by atoms with Crippen molar-refractivity contribution in [3.8, 4) is 17.2 Å². The summed E-state index contributed by atoms with van der Waals surface area (Å²) in [5, 5.41) is 21.4. The number of nitrogens with zero attached hydrogens (tertiary/aromatic N) is 1. The van der Waals surface area contributed by atoms with E-state index in [2.05, 4.69) is 0 Å². The maximum absolute atomic E-state index is 13.2. The summed E-state index contributed by atoms with van der Waals surface area (Å²) in [6, 6.07) is 9.08. The van der Waals surface area contributed by atoms with Crippen LogP contribution in [0.2, 0.25) is 0 Å². The predicted molar refractivity (Wildman–Crippen MR) is 123 cm³/mol. The number of ether oxygens (including phenoxy) is 3. The standard InChI is InChI=1S/C26H27NO7/c1-14-10-17-11-16(6-8-20(17)34-14)24(29)22-23(15-5-7-19(28)21(12-15)32-2)27(26(31)25(22)30)13-18-4-3-9-33-18/h5-8,11-12,14,18,23,28-29H,3-4,9-10,13H2,1-2H3/b24-22+. The minimum Gasteiger partial charge on any atom is -0.507 e. The number of hydrogen-bond donors (Lipinski definition) is 2. The van der Waals surface area contributed by atoms with E-state index < -0.39 is 17.7 Å². The SMILES string of the molecule is COc1cc(C2/C(=C(\O)c3ccc4c(c3)CC(C)O4)C(=O)C(=O)N2CC2CCCO2)ccc1O. The number of aliphatic hydroxyl groups excluding tert-OH is 1. The fraction of sp³-hybridized carbons (Fsp3) is 0.385. The molecule has 0 radical (unpaired) electrons. The normalized spacial score (nSPS) is 25.5. The van der Waals surface area contributed by atoms with Gasteiger partial charge >= 0.3 is 0 Å². The second-order valence-electron chi connectivity index (χ2n) is 8.97. The third-order valence-electron chi connectivity index (χ3n) is 6.65. The number of rotatable bonds is 5. The highest BCUT2D eigenvalue weighted by Crippen LogP contribution is 2.43. The van der Waals surface area contributed by atoms with Crippen molar-refractivity contribution in [1.29, 1.82) is 0 Å². The lowest BCUT2D eigenvalue weighted by Gasteiger charge is -2.27. The molecule has 2 aromatic rings. The van der Waals surface area contributed by atoms with E-state index in [0.717, 1.165) is 24.2 Å². The first-order valence-corrected chi connectivity index (χ1v) is 11.4. The predicted octanol–water partition coefficient (Wildman–Crippen LogP) is 3.32. The van der Waals surface area contributed by atoms with Gasteiger partial charge in [-0.25, -0.2) is 0 Å². The molecule has 0 saturated carbocycles. The van der Waals surface area contributed by atoms with Gasteiger partial charge in [0.05, 0.1) is 24.8 Å². The number of aromatic hydroxyl groups is 1. The number of carbonyl (C=O) groups excluding carboxylic acids is 2. The van der Waals surface area contributed by atoms with Crippen molar-refractivity contribution >= 4 is 17.4 Å². The van der Waals surface area contributed by atoms with Crippen LogP contribution < -0.4 is 9.47 Å². The van der Waals surface area contributed by atoms with Crippen LogP contribution in [0.1, 0.15) is 42.5 Å². The number of aliphatic hydroxyl groups is 1. The number of phenolic OH excluding ortho intramolecular Hbond substituents is 1. The molecule has 2 fully saturated rings. The Morgan fingerprint density at radius 2 is 2.03 bits per heavy atom. The van der Waals surface area contributed by atoms with E-state index in [4.69, 9.17) is 14.2 Å². The second-order valence-corrected chi connectivity index (χ2v) is 8.97. The van der Waals surface area contributed by atoms with E-state index >= 15 is 0 Å². The van der Waals surface area contributed by atoms with Crippen LogP contribution in [0.5, 0.6) is 17.2 Å². The monoisotopic (exact) mass is 465 g/mol. The highest BCUT2D eigenvalue weighted by atomic mass is 16.5. The van der Waals surface area contributed by atoms with Crippen LogP contribution in [0.4, 0.5) is 0 Å². The van der Waals surface area contributed by atoms with Gasteiger partial charge < -0.3 is 29.3 Å². The van der Waals surface area contributed by atoms with Gasteiger partial charge in [-0.2, -0.15) is 0 Å². The van der Waals surface area contributed by atoms with Crippen molar-refractivity contribution in [1.82, 2.24) is 4.90 Å². The van der Waals surface area contributed by atoms with Gasteiger partial charge in [-0.05, 0) is 61.2 Å². The van der Waals surface area contributed by atoms with Gasteiger partial charge in [0.2, 0.25) is 0 Å². The molecule has 0 aliphatic carbocycles. The van der Waals surface area contributed by atoms with Crippen LogP contribution in [0, 0.1) is 0 Å². The topological polar surface area (TPSA) is 106 Å². The molecule has 2 saturated heterocycles. The van der Waals surface area contributed by atoms with Gasteiger partial charge in [0.15, 0.2) is 11.5 Å². The Kier molecular flexibility index (Phi) is 5.69. The van der Waals surface area contributed by atoms with Crippen molar-refractivity contribution in [3.63, 3.8) is 0 Å². The molecule has 0 spiro atoms. The Hall–Kier alpha value is -3.52. The number of amides is 1. The number of phenols is 1. The fourth-order valence-electron chi connectivity index (χ4n) is 5.01. The Balaban J connectivity index is 1.62. The van der Waals surface area contributed by atoms with Gasteiger partial charge in [-0.3, -0.25) is 9.59 Å². The second kappa shape index (κ2) is 8.68. The number of likely N-dealkylation sites (tertiary alicyclic amines) is 1. The van der Waals surface area contributed by atoms with Crippen molar-refractivity contribution in [2.24, 2.45) is 0 Å². The smallest absolute Gasteiger partial charge is 0.295 e. The third-order valence-corrected chi connectivity index (χ3v) is 6.65. The van der Waals surface area contributed by atoms with Crippen molar-refractivity contribution in [3.05, 3.63) is 58.7 Å².